The van der Waals surface area contributed by atoms with Crippen LogP contribution in [0.4, 0.5) is 5.69 Å². The molecule has 1 N–H and O–H groups in total. The molecule has 1 aromatic heterocycles. The Labute approximate surface area is 118 Å². The smallest absolute Gasteiger partial charge is 0.0738 e. The molecule has 1 heterocycles. The van der Waals surface area contributed by atoms with Crippen LogP contribution in [-0.4, -0.2) is 10.7 Å². The van der Waals surface area contributed by atoms with Gasteiger partial charge in [-0.1, -0.05) is 25.4 Å². The highest BCUT2D eigenvalue weighted by Gasteiger charge is 2.04. The van der Waals surface area contributed by atoms with E-state index in [1.54, 1.807) is 6.20 Å². The zero-order chi connectivity index (χ0) is 13.8. The van der Waals surface area contributed by atoms with E-state index >= 15 is 0 Å². The SMILES string of the molecule is CC[C@@H](C)/C(C)=N\Nc1ccnc2cc(Cl)ccc12. The lowest BCUT2D eigenvalue weighted by Gasteiger charge is -2.10. The van der Waals surface area contributed by atoms with Crippen LogP contribution in [0.3, 0.4) is 0 Å². The number of hydrogen-bond donors (Lipinski definition) is 1. The van der Waals surface area contributed by atoms with Gasteiger partial charge in [0.2, 0.25) is 0 Å². The lowest BCUT2D eigenvalue weighted by molar-refractivity contribution is 0.734. The molecule has 19 heavy (non-hydrogen) atoms. The summed E-state index contributed by atoms with van der Waals surface area (Å²) in [6.45, 7) is 6.37. The van der Waals surface area contributed by atoms with Crippen molar-refractivity contribution in [3.05, 3.63) is 35.5 Å². The van der Waals surface area contributed by atoms with Crippen molar-refractivity contribution >= 4 is 33.9 Å². The Morgan fingerprint density at radius 3 is 2.95 bits per heavy atom. The summed E-state index contributed by atoms with van der Waals surface area (Å²) < 4.78 is 0. The zero-order valence-electron chi connectivity index (χ0n) is 11.4. The molecule has 4 heteroatoms. The molecule has 3 nitrogen and oxygen atoms in total. The van der Waals surface area contributed by atoms with Gasteiger partial charge in [-0.05, 0) is 43.5 Å². The van der Waals surface area contributed by atoms with Crippen LogP contribution in [0.15, 0.2) is 35.6 Å². The van der Waals surface area contributed by atoms with Crippen molar-refractivity contribution in [2.75, 3.05) is 5.43 Å². The topological polar surface area (TPSA) is 37.3 Å². The predicted molar refractivity (Wildman–Crippen MR) is 82.9 cm³/mol. The molecule has 2 aromatic rings. The number of hydrazone groups is 1. The molecule has 0 aliphatic carbocycles. The molecule has 0 unspecified atom stereocenters. The molecule has 0 aliphatic heterocycles. The Balaban J connectivity index is 2.31. The number of anilines is 1. The van der Waals surface area contributed by atoms with Crippen LogP contribution in [0.25, 0.3) is 10.9 Å². The molecule has 0 bridgehead atoms. The Kier molecular flexibility index (Phi) is 4.38. The zero-order valence-corrected chi connectivity index (χ0v) is 12.2. The van der Waals surface area contributed by atoms with Gasteiger partial charge in [-0.25, -0.2) is 0 Å². The van der Waals surface area contributed by atoms with E-state index in [4.69, 9.17) is 11.6 Å². The summed E-state index contributed by atoms with van der Waals surface area (Å²) in [5.74, 6) is 0.482. The predicted octanol–water partition coefficient (Wildman–Crippen LogP) is 4.72. The van der Waals surface area contributed by atoms with Gasteiger partial charge in [0, 0.05) is 22.3 Å². The maximum Gasteiger partial charge on any atom is 0.0738 e. The lowest BCUT2D eigenvalue weighted by atomic mass is 10.1. The second-order valence-corrected chi connectivity index (χ2v) is 5.13. The highest BCUT2D eigenvalue weighted by atomic mass is 35.5. The van der Waals surface area contributed by atoms with Gasteiger partial charge in [-0.2, -0.15) is 5.10 Å². The van der Waals surface area contributed by atoms with E-state index in [0.717, 1.165) is 28.7 Å². The molecule has 100 valence electrons. The summed E-state index contributed by atoms with van der Waals surface area (Å²) >= 11 is 5.97. The number of aromatic nitrogens is 1. The Bertz CT molecular complexity index is 607. The minimum absolute atomic E-state index is 0.482. The number of nitrogens with one attached hydrogen (secondary N) is 1. The molecule has 0 fully saturated rings. The fourth-order valence-electron chi connectivity index (χ4n) is 1.77. The monoisotopic (exact) mass is 275 g/mol. The molecule has 1 aromatic carbocycles. The van der Waals surface area contributed by atoms with E-state index in [1.807, 2.05) is 31.2 Å². The van der Waals surface area contributed by atoms with Crippen molar-refractivity contribution < 1.29 is 0 Å². The van der Waals surface area contributed by atoms with Gasteiger partial charge in [0.1, 0.15) is 0 Å². The number of halogens is 1. The van der Waals surface area contributed by atoms with Gasteiger partial charge >= 0.3 is 0 Å². The van der Waals surface area contributed by atoms with Crippen molar-refractivity contribution in [3.8, 4) is 0 Å². The number of fused-ring (bicyclic) bond motifs is 1. The van der Waals surface area contributed by atoms with Crippen LogP contribution in [0.2, 0.25) is 5.02 Å². The molecule has 2 rings (SSSR count). The first-order valence-corrected chi connectivity index (χ1v) is 6.84. The minimum Gasteiger partial charge on any atom is -0.278 e. The largest absolute Gasteiger partial charge is 0.278 e. The normalized spacial score (nSPS) is 13.6. The van der Waals surface area contributed by atoms with Crippen LogP contribution in [0.5, 0.6) is 0 Å². The van der Waals surface area contributed by atoms with Crippen LogP contribution >= 0.6 is 11.6 Å². The molecule has 0 aliphatic rings. The average Bonchev–Trinajstić information content (AvgIpc) is 2.43. The van der Waals surface area contributed by atoms with Crippen LogP contribution in [0.1, 0.15) is 27.2 Å². The van der Waals surface area contributed by atoms with E-state index in [9.17, 15) is 0 Å². The first-order chi connectivity index (χ1) is 9.11. The van der Waals surface area contributed by atoms with Crippen LogP contribution in [-0.2, 0) is 0 Å². The van der Waals surface area contributed by atoms with Crippen molar-refractivity contribution in [1.82, 2.24) is 4.98 Å². The highest BCUT2D eigenvalue weighted by Crippen LogP contribution is 2.24. The number of pyridine rings is 1. The van der Waals surface area contributed by atoms with Crippen molar-refractivity contribution in [1.29, 1.82) is 0 Å². The van der Waals surface area contributed by atoms with E-state index in [2.05, 4.69) is 29.4 Å². The maximum atomic E-state index is 5.97. The Morgan fingerprint density at radius 1 is 1.42 bits per heavy atom. The summed E-state index contributed by atoms with van der Waals surface area (Å²) in [4.78, 5) is 4.31. The van der Waals surface area contributed by atoms with Crippen molar-refractivity contribution in [3.63, 3.8) is 0 Å². The molecular formula is C15H18ClN3. The summed E-state index contributed by atoms with van der Waals surface area (Å²) in [7, 11) is 0. The molecule has 0 saturated heterocycles. The van der Waals surface area contributed by atoms with E-state index in [0.29, 0.717) is 10.9 Å². The first kappa shape index (κ1) is 13.8. The Morgan fingerprint density at radius 2 is 2.21 bits per heavy atom. The number of nitrogens with zero attached hydrogens (tertiary/aromatic N) is 2. The average molecular weight is 276 g/mol. The van der Waals surface area contributed by atoms with Gasteiger partial charge < -0.3 is 0 Å². The van der Waals surface area contributed by atoms with Gasteiger partial charge in [0.25, 0.3) is 0 Å². The van der Waals surface area contributed by atoms with Gasteiger partial charge in [0.05, 0.1) is 11.2 Å². The molecule has 1 atom stereocenters. The Hall–Kier alpha value is -1.61. The second-order valence-electron chi connectivity index (χ2n) is 4.69. The number of benzene rings is 1. The fraction of sp³-hybridized carbons (Fsp3) is 0.333. The minimum atomic E-state index is 0.482. The van der Waals surface area contributed by atoms with Gasteiger partial charge in [-0.15, -0.1) is 0 Å². The van der Waals surface area contributed by atoms with Crippen LogP contribution in [0, 0.1) is 5.92 Å². The molecule has 0 saturated carbocycles. The third kappa shape index (κ3) is 3.24. The third-order valence-electron chi connectivity index (χ3n) is 3.38. The van der Waals surface area contributed by atoms with Gasteiger partial charge in [-0.3, -0.25) is 10.4 Å². The van der Waals surface area contributed by atoms with Crippen molar-refractivity contribution in [2.24, 2.45) is 11.0 Å². The summed E-state index contributed by atoms with van der Waals surface area (Å²) in [6, 6.07) is 7.60. The second kappa shape index (κ2) is 6.02. The first-order valence-electron chi connectivity index (χ1n) is 6.46. The van der Waals surface area contributed by atoms with Gasteiger partial charge in [0.15, 0.2) is 0 Å². The number of hydrogen-bond acceptors (Lipinski definition) is 3. The standard InChI is InChI=1S/C15H18ClN3/c1-4-10(2)11(3)18-19-14-7-8-17-15-9-12(16)5-6-13(14)15/h5-10H,4H2,1-3H3,(H,17,19)/b18-11-/t10-/m1/s1. The quantitative estimate of drug-likeness (QED) is 0.647. The van der Waals surface area contributed by atoms with E-state index in [-0.39, 0.29) is 0 Å². The fourth-order valence-corrected chi connectivity index (χ4v) is 1.94. The third-order valence-corrected chi connectivity index (χ3v) is 3.62. The summed E-state index contributed by atoms with van der Waals surface area (Å²) in [5.41, 5.74) is 6.04. The molecular weight excluding hydrogens is 258 g/mol. The lowest BCUT2D eigenvalue weighted by Crippen LogP contribution is -2.08. The summed E-state index contributed by atoms with van der Waals surface area (Å²) in [5, 5.41) is 6.16. The molecule has 0 amide bonds. The van der Waals surface area contributed by atoms with Crippen LogP contribution < -0.4 is 5.43 Å². The molecule has 0 radical (unpaired) electrons. The summed E-state index contributed by atoms with van der Waals surface area (Å²) in [6.07, 6.45) is 2.85. The number of rotatable bonds is 4. The van der Waals surface area contributed by atoms with Crippen molar-refractivity contribution in [2.45, 2.75) is 27.2 Å². The molecule has 0 spiro atoms. The van der Waals surface area contributed by atoms with E-state index < -0.39 is 0 Å². The highest BCUT2D eigenvalue weighted by molar-refractivity contribution is 6.31. The van der Waals surface area contributed by atoms with E-state index in [1.165, 1.54) is 0 Å². The maximum absolute atomic E-state index is 5.97.